The van der Waals surface area contributed by atoms with Crippen molar-refractivity contribution in [2.24, 2.45) is 5.73 Å². The Hall–Kier alpha value is -1.68. The van der Waals surface area contributed by atoms with Crippen molar-refractivity contribution in [1.29, 1.82) is 0 Å². The normalized spacial score (nSPS) is 12.7. The number of nitrogens with two attached hydrogens (primary N) is 1. The number of hydrogen-bond donors (Lipinski definition) is 3. The van der Waals surface area contributed by atoms with Gasteiger partial charge < -0.3 is 15.6 Å². The van der Waals surface area contributed by atoms with Gasteiger partial charge >= 0.3 is 11.9 Å². The molecule has 1 atom stereocenters. The van der Waals surface area contributed by atoms with E-state index in [0.29, 0.717) is 0 Å². The molecule has 0 aliphatic heterocycles. The van der Waals surface area contributed by atoms with Crippen molar-refractivity contribution in [3.8, 4) is 0 Å². The van der Waals surface area contributed by atoms with E-state index in [9.17, 15) is 22.8 Å². The fraction of sp³-hybridized carbons (Fsp3) is 0.667. The minimum absolute atomic E-state index is 0.0229. The van der Waals surface area contributed by atoms with Crippen molar-refractivity contribution in [2.75, 3.05) is 12.9 Å². The Kier molecular flexibility index (Phi) is 7.01. The van der Waals surface area contributed by atoms with Gasteiger partial charge in [-0.25, -0.2) is 13.1 Å². The summed E-state index contributed by atoms with van der Waals surface area (Å²) in [6.45, 7) is 0. The minimum Gasteiger partial charge on any atom is -0.480 e. The molecule has 0 radical (unpaired) electrons. The molecule has 1 unspecified atom stereocenters. The van der Waals surface area contributed by atoms with Gasteiger partial charge in [0.1, 0.15) is 6.04 Å². The van der Waals surface area contributed by atoms with Gasteiger partial charge in [-0.05, 0) is 6.42 Å². The molecule has 0 aliphatic rings. The maximum atomic E-state index is 11.5. The number of methoxy groups -OCH3 is 1. The van der Waals surface area contributed by atoms with Gasteiger partial charge in [-0.1, -0.05) is 0 Å². The fourth-order valence-corrected chi connectivity index (χ4v) is 2.42. The molecule has 0 spiro atoms. The fourth-order valence-electron chi connectivity index (χ4n) is 1.16. The number of esters is 1. The predicted octanol–water partition coefficient (Wildman–Crippen LogP) is -1.81. The molecule has 9 nitrogen and oxygen atoms in total. The number of amides is 1. The van der Waals surface area contributed by atoms with Crippen LogP contribution < -0.4 is 10.5 Å². The number of carbonyl (C=O) groups is 3. The molecule has 19 heavy (non-hydrogen) atoms. The van der Waals surface area contributed by atoms with Crippen molar-refractivity contribution in [3.63, 3.8) is 0 Å². The molecular formula is C9H16N2O7S. The van der Waals surface area contributed by atoms with Gasteiger partial charge in [0.25, 0.3) is 0 Å². The third-order valence-electron chi connectivity index (χ3n) is 2.05. The van der Waals surface area contributed by atoms with Crippen LogP contribution in [0.3, 0.4) is 0 Å². The summed E-state index contributed by atoms with van der Waals surface area (Å²) in [5.74, 6) is -3.47. The number of aliphatic carboxylic acids is 1. The lowest BCUT2D eigenvalue weighted by molar-refractivity contribution is -0.141. The number of ether oxygens (including phenoxy) is 1. The summed E-state index contributed by atoms with van der Waals surface area (Å²) in [6.07, 6.45) is -0.776. The van der Waals surface area contributed by atoms with Crippen molar-refractivity contribution >= 4 is 27.9 Å². The van der Waals surface area contributed by atoms with Gasteiger partial charge in [-0.2, -0.15) is 0 Å². The topological polar surface area (TPSA) is 153 Å². The zero-order valence-corrected chi connectivity index (χ0v) is 11.1. The van der Waals surface area contributed by atoms with Crippen LogP contribution in [-0.2, 0) is 29.1 Å². The summed E-state index contributed by atoms with van der Waals surface area (Å²) in [7, 11) is -2.75. The van der Waals surface area contributed by atoms with Crippen molar-refractivity contribution in [3.05, 3.63) is 0 Å². The molecule has 4 N–H and O–H groups in total. The van der Waals surface area contributed by atoms with E-state index in [1.165, 1.54) is 7.11 Å². The average Bonchev–Trinajstić information content (AvgIpc) is 2.26. The first-order valence-corrected chi connectivity index (χ1v) is 6.91. The Morgan fingerprint density at radius 1 is 1.37 bits per heavy atom. The van der Waals surface area contributed by atoms with E-state index in [-0.39, 0.29) is 12.8 Å². The zero-order chi connectivity index (χ0) is 15.1. The van der Waals surface area contributed by atoms with Gasteiger partial charge in [0.15, 0.2) is 0 Å². The molecule has 0 saturated heterocycles. The number of nitrogens with one attached hydrogen (secondary N) is 1. The maximum absolute atomic E-state index is 11.5. The number of carboxylic acid groups (broad SMARTS) is 1. The molecule has 0 rings (SSSR count). The first kappa shape index (κ1) is 17.3. The van der Waals surface area contributed by atoms with Crippen LogP contribution in [0.5, 0.6) is 0 Å². The number of hydrogen-bond acceptors (Lipinski definition) is 6. The molecule has 0 aromatic heterocycles. The molecule has 0 aromatic carbocycles. The smallest absolute Gasteiger partial charge is 0.322 e. The summed E-state index contributed by atoms with van der Waals surface area (Å²) in [6, 6.07) is -1.61. The molecule has 110 valence electrons. The predicted molar refractivity (Wildman–Crippen MR) is 63.4 cm³/mol. The highest BCUT2D eigenvalue weighted by atomic mass is 32.2. The Morgan fingerprint density at radius 2 is 1.95 bits per heavy atom. The van der Waals surface area contributed by atoms with E-state index >= 15 is 0 Å². The second-order valence-corrected chi connectivity index (χ2v) is 5.55. The lowest BCUT2D eigenvalue weighted by atomic mass is 10.2. The van der Waals surface area contributed by atoms with Gasteiger partial charge in [0, 0.05) is 6.42 Å². The zero-order valence-electron chi connectivity index (χ0n) is 10.3. The van der Waals surface area contributed by atoms with Gasteiger partial charge in [0.2, 0.25) is 15.9 Å². The molecule has 0 aliphatic carbocycles. The van der Waals surface area contributed by atoms with E-state index in [0.717, 1.165) is 0 Å². The second kappa shape index (κ2) is 7.69. The highest BCUT2D eigenvalue weighted by Gasteiger charge is 2.25. The Balaban J connectivity index is 4.43. The lowest BCUT2D eigenvalue weighted by Gasteiger charge is -2.12. The summed E-state index contributed by atoms with van der Waals surface area (Å²) in [4.78, 5) is 32.1. The number of carboxylic acids is 1. The molecule has 0 fully saturated rings. The van der Waals surface area contributed by atoms with Crippen LogP contribution in [0.15, 0.2) is 0 Å². The van der Waals surface area contributed by atoms with Crippen molar-refractivity contribution in [1.82, 2.24) is 4.72 Å². The first-order valence-electron chi connectivity index (χ1n) is 5.26. The van der Waals surface area contributed by atoms with E-state index in [2.05, 4.69) is 4.74 Å². The molecular weight excluding hydrogens is 280 g/mol. The van der Waals surface area contributed by atoms with Gasteiger partial charge in [-0.15, -0.1) is 0 Å². The third-order valence-corrected chi connectivity index (χ3v) is 3.52. The van der Waals surface area contributed by atoms with E-state index < -0.39 is 46.1 Å². The van der Waals surface area contributed by atoms with Crippen LogP contribution >= 0.6 is 0 Å². The Labute approximate surface area is 110 Å². The monoisotopic (exact) mass is 296 g/mol. The highest BCUT2D eigenvalue weighted by molar-refractivity contribution is 7.89. The molecule has 1 amide bonds. The first-order chi connectivity index (χ1) is 8.68. The Bertz CT molecular complexity index is 445. The van der Waals surface area contributed by atoms with E-state index in [1.54, 1.807) is 0 Å². The number of primary amides is 1. The van der Waals surface area contributed by atoms with E-state index in [4.69, 9.17) is 10.8 Å². The molecule has 0 bridgehead atoms. The molecule has 0 aromatic rings. The summed E-state index contributed by atoms with van der Waals surface area (Å²) in [5, 5.41) is 8.73. The number of carbonyl (C=O) groups excluding carboxylic acids is 2. The maximum Gasteiger partial charge on any atom is 0.322 e. The average molecular weight is 296 g/mol. The third kappa shape index (κ3) is 8.11. The second-order valence-electron chi connectivity index (χ2n) is 3.68. The van der Waals surface area contributed by atoms with E-state index in [1.807, 2.05) is 4.72 Å². The van der Waals surface area contributed by atoms with Crippen molar-refractivity contribution in [2.45, 2.75) is 25.3 Å². The van der Waals surface area contributed by atoms with Crippen LogP contribution in [0.4, 0.5) is 0 Å². The van der Waals surface area contributed by atoms with Crippen LogP contribution in [0.2, 0.25) is 0 Å². The van der Waals surface area contributed by atoms with Gasteiger partial charge in [0.05, 0.1) is 19.3 Å². The van der Waals surface area contributed by atoms with Gasteiger partial charge in [-0.3, -0.25) is 14.4 Å². The summed E-state index contributed by atoms with van der Waals surface area (Å²) < 4.78 is 29.2. The van der Waals surface area contributed by atoms with Crippen LogP contribution in [0.1, 0.15) is 19.3 Å². The van der Waals surface area contributed by atoms with Crippen LogP contribution in [-0.4, -0.2) is 50.3 Å². The molecule has 0 heterocycles. The molecule has 10 heteroatoms. The number of sulfonamides is 1. The summed E-state index contributed by atoms with van der Waals surface area (Å²) >= 11 is 0. The quantitative estimate of drug-likeness (QED) is 0.424. The largest absolute Gasteiger partial charge is 0.480 e. The minimum atomic E-state index is -3.92. The molecule has 0 saturated carbocycles. The highest BCUT2D eigenvalue weighted by Crippen LogP contribution is 2.00. The standard InChI is InChI=1S/C9H16N2O7S/c1-18-8(13)3-2-4-19(16,17)11-6(9(14)15)5-7(10)12/h6,11H,2-5H2,1H3,(H2,10,12)(H,14,15). The Morgan fingerprint density at radius 3 is 2.37 bits per heavy atom. The van der Waals surface area contributed by atoms with Crippen molar-refractivity contribution < 1.29 is 32.6 Å². The SMILES string of the molecule is COC(=O)CCCS(=O)(=O)NC(CC(N)=O)C(=O)O. The number of rotatable bonds is 9. The van der Waals surface area contributed by atoms with Crippen LogP contribution in [0, 0.1) is 0 Å². The van der Waals surface area contributed by atoms with Crippen LogP contribution in [0.25, 0.3) is 0 Å². The summed E-state index contributed by atoms with van der Waals surface area (Å²) in [5.41, 5.74) is 4.81. The lowest BCUT2D eigenvalue weighted by Crippen LogP contribution is -2.44.